The first kappa shape index (κ1) is 24.1. The molecule has 0 aromatic heterocycles. The van der Waals surface area contributed by atoms with E-state index < -0.39 is 36.2 Å². The number of hydrazine groups is 1. The molecule has 0 aliphatic carbocycles. The van der Waals surface area contributed by atoms with E-state index in [0.29, 0.717) is 17.2 Å². The zero-order valence-electron chi connectivity index (χ0n) is 17.9. The third kappa shape index (κ3) is 6.45. The highest BCUT2D eigenvalue weighted by Crippen LogP contribution is 2.23. The largest absolute Gasteiger partial charge is 0.497 e. The van der Waals surface area contributed by atoms with Crippen LogP contribution in [0.3, 0.4) is 0 Å². The molecular weight excluding hydrogens is 498 g/mol. The summed E-state index contributed by atoms with van der Waals surface area (Å²) in [7, 11) is 2.91. The molecule has 0 radical (unpaired) electrons. The van der Waals surface area contributed by atoms with Crippen LogP contribution in [0.1, 0.15) is 16.8 Å². The summed E-state index contributed by atoms with van der Waals surface area (Å²) < 4.78 is 16.2. The highest BCUT2D eigenvalue weighted by molar-refractivity contribution is 9.10. The summed E-state index contributed by atoms with van der Waals surface area (Å²) in [5.74, 6) is -2.20. The van der Waals surface area contributed by atoms with Crippen LogP contribution in [0.25, 0.3) is 0 Å². The first-order valence-corrected chi connectivity index (χ1v) is 10.6. The molecule has 1 saturated heterocycles. The number of carbonyl (C=O) groups is 4. The summed E-state index contributed by atoms with van der Waals surface area (Å²) >= 11 is 3.30. The lowest BCUT2D eigenvalue weighted by atomic mass is 10.1. The first-order valence-electron chi connectivity index (χ1n) is 9.85. The van der Waals surface area contributed by atoms with Crippen LogP contribution in [0.2, 0.25) is 0 Å². The van der Waals surface area contributed by atoms with Gasteiger partial charge in [-0.1, -0.05) is 15.9 Å². The molecule has 2 aromatic rings. The van der Waals surface area contributed by atoms with Gasteiger partial charge in [-0.25, -0.2) is 0 Å². The second-order valence-corrected chi connectivity index (χ2v) is 8.03. The van der Waals surface area contributed by atoms with E-state index in [1.807, 2.05) is 0 Å². The van der Waals surface area contributed by atoms with Crippen molar-refractivity contribution in [3.63, 3.8) is 0 Å². The molecule has 1 aliphatic heterocycles. The van der Waals surface area contributed by atoms with Crippen molar-refractivity contribution in [1.29, 1.82) is 0 Å². The van der Waals surface area contributed by atoms with Crippen LogP contribution < -0.4 is 20.2 Å². The fraction of sp³-hybridized carbons (Fsp3) is 0.273. The molecule has 2 aromatic carbocycles. The zero-order valence-corrected chi connectivity index (χ0v) is 19.5. The molecule has 0 saturated carbocycles. The molecule has 0 unspecified atom stereocenters. The fourth-order valence-corrected chi connectivity index (χ4v) is 3.35. The molecule has 1 atom stereocenters. The SMILES string of the molecule is COc1cc(OC)cc(C(=O)NN2C[C@@H](C(=O)OCC(=O)Nc3ccc(Br)cc3)CC2=O)c1. The van der Waals surface area contributed by atoms with E-state index in [1.54, 1.807) is 30.3 Å². The third-order valence-electron chi connectivity index (χ3n) is 4.78. The van der Waals surface area contributed by atoms with Crippen LogP contribution in [0.5, 0.6) is 11.5 Å². The van der Waals surface area contributed by atoms with E-state index in [1.165, 1.54) is 26.4 Å². The van der Waals surface area contributed by atoms with Crippen molar-refractivity contribution in [2.24, 2.45) is 5.92 Å². The summed E-state index contributed by atoms with van der Waals surface area (Å²) in [6, 6.07) is 11.5. The summed E-state index contributed by atoms with van der Waals surface area (Å²) in [6.45, 7) is -0.561. The predicted molar refractivity (Wildman–Crippen MR) is 121 cm³/mol. The van der Waals surface area contributed by atoms with Gasteiger partial charge in [-0.05, 0) is 36.4 Å². The molecule has 3 amide bonds. The van der Waals surface area contributed by atoms with Crippen LogP contribution in [0.15, 0.2) is 46.9 Å². The molecule has 10 nitrogen and oxygen atoms in total. The van der Waals surface area contributed by atoms with E-state index in [9.17, 15) is 19.2 Å². The predicted octanol–water partition coefficient (Wildman–Crippen LogP) is 2.14. The maximum absolute atomic E-state index is 12.6. The quantitative estimate of drug-likeness (QED) is 0.512. The molecule has 174 valence electrons. The number of halogens is 1. The summed E-state index contributed by atoms with van der Waals surface area (Å²) in [5, 5.41) is 3.66. The van der Waals surface area contributed by atoms with Crippen molar-refractivity contribution in [1.82, 2.24) is 10.4 Å². The van der Waals surface area contributed by atoms with E-state index in [0.717, 1.165) is 9.48 Å². The fourth-order valence-electron chi connectivity index (χ4n) is 3.08. The molecule has 0 bridgehead atoms. The molecule has 1 heterocycles. The van der Waals surface area contributed by atoms with Gasteiger partial charge in [0, 0.05) is 28.2 Å². The average molecular weight is 520 g/mol. The Bertz CT molecular complexity index is 1040. The normalized spacial score (nSPS) is 15.1. The minimum absolute atomic E-state index is 0.0706. The van der Waals surface area contributed by atoms with E-state index in [2.05, 4.69) is 26.7 Å². The molecule has 1 fully saturated rings. The lowest BCUT2D eigenvalue weighted by Gasteiger charge is -2.18. The van der Waals surface area contributed by atoms with Crippen LogP contribution in [-0.4, -0.2) is 56.1 Å². The van der Waals surface area contributed by atoms with Gasteiger partial charge in [-0.3, -0.25) is 29.6 Å². The van der Waals surface area contributed by atoms with Crippen LogP contribution >= 0.6 is 15.9 Å². The topological polar surface area (TPSA) is 123 Å². The number of rotatable bonds is 8. The Morgan fingerprint density at radius 1 is 1.06 bits per heavy atom. The Hall–Kier alpha value is -3.60. The molecule has 2 N–H and O–H groups in total. The van der Waals surface area contributed by atoms with Crippen LogP contribution in [0, 0.1) is 5.92 Å². The van der Waals surface area contributed by atoms with Gasteiger partial charge in [0.05, 0.1) is 26.7 Å². The summed E-state index contributed by atoms with van der Waals surface area (Å²) in [4.78, 5) is 49.2. The van der Waals surface area contributed by atoms with Gasteiger partial charge >= 0.3 is 5.97 Å². The minimum Gasteiger partial charge on any atom is -0.497 e. The van der Waals surface area contributed by atoms with Gasteiger partial charge in [0.1, 0.15) is 11.5 Å². The number of methoxy groups -OCH3 is 2. The number of hydrogen-bond acceptors (Lipinski definition) is 7. The zero-order chi connectivity index (χ0) is 24.0. The monoisotopic (exact) mass is 519 g/mol. The molecule has 1 aliphatic rings. The number of anilines is 1. The van der Waals surface area contributed by atoms with Gasteiger partial charge in [-0.15, -0.1) is 0 Å². The highest BCUT2D eigenvalue weighted by Gasteiger charge is 2.36. The second-order valence-electron chi connectivity index (χ2n) is 7.11. The Morgan fingerprint density at radius 3 is 2.30 bits per heavy atom. The smallest absolute Gasteiger partial charge is 0.311 e. The Morgan fingerprint density at radius 2 is 1.70 bits per heavy atom. The number of amides is 3. The molecule has 11 heteroatoms. The van der Waals surface area contributed by atoms with Crippen molar-refractivity contribution in [3.05, 3.63) is 52.5 Å². The lowest BCUT2D eigenvalue weighted by Crippen LogP contribution is -2.43. The molecular formula is C22H22BrN3O7. The standard InChI is InChI=1S/C22H22BrN3O7/c1-31-17-7-13(8-18(10-17)32-2)21(29)25-26-11-14(9-20(26)28)22(30)33-12-19(27)24-16-5-3-15(23)4-6-16/h3-8,10,14H,9,11-12H2,1-2H3,(H,24,27)(H,25,29)/t14-/m0/s1. The Balaban J connectivity index is 1.52. The second kappa shape index (κ2) is 10.8. The Kier molecular flexibility index (Phi) is 7.88. The van der Waals surface area contributed by atoms with Gasteiger partial charge in [0.15, 0.2) is 6.61 Å². The summed E-state index contributed by atoms with van der Waals surface area (Å²) in [6.07, 6.45) is -0.144. The van der Waals surface area contributed by atoms with Crippen molar-refractivity contribution in [3.8, 4) is 11.5 Å². The van der Waals surface area contributed by atoms with Gasteiger partial charge in [0.25, 0.3) is 11.8 Å². The first-order chi connectivity index (χ1) is 15.8. The number of esters is 1. The van der Waals surface area contributed by atoms with Gasteiger partial charge in [0.2, 0.25) is 5.91 Å². The van der Waals surface area contributed by atoms with E-state index in [-0.39, 0.29) is 18.5 Å². The maximum atomic E-state index is 12.6. The van der Waals surface area contributed by atoms with Crippen molar-refractivity contribution >= 4 is 45.3 Å². The van der Waals surface area contributed by atoms with Crippen molar-refractivity contribution < 1.29 is 33.4 Å². The van der Waals surface area contributed by atoms with Gasteiger partial charge < -0.3 is 19.5 Å². The highest BCUT2D eigenvalue weighted by atomic mass is 79.9. The number of benzene rings is 2. The van der Waals surface area contributed by atoms with Crippen molar-refractivity contribution in [2.45, 2.75) is 6.42 Å². The van der Waals surface area contributed by atoms with Crippen molar-refractivity contribution in [2.75, 3.05) is 32.7 Å². The number of carbonyl (C=O) groups excluding carboxylic acids is 4. The average Bonchev–Trinajstić information content (AvgIpc) is 3.18. The van der Waals surface area contributed by atoms with Gasteiger partial charge in [-0.2, -0.15) is 0 Å². The summed E-state index contributed by atoms with van der Waals surface area (Å²) in [5.41, 5.74) is 3.25. The van der Waals surface area contributed by atoms with E-state index >= 15 is 0 Å². The lowest BCUT2D eigenvalue weighted by molar-refractivity contribution is -0.151. The van der Waals surface area contributed by atoms with Crippen LogP contribution in [0.4, 0.5) is 5.69 Å². The maximum Gasteiger partial charge on any atom is 0.311 e. The number of nitrogens with zero attached hydrogens (tertiary/aromatic N) is 1. The van der Waals surface area contributed by atoms with Crippen LogP contribution in [-0.2, 0) is 19.1 Å². The molecule has 0 spiro atoms. The number of hydrogen-bond donors (Lipinski definition) is 2. The van der Waals surface area contributed by atoms with E-state index in [4.69, 9.17) is 14.2 Å². The Labute approximate surface area is 198 Å². The molecule has 33 heavy (non-hydrogen) atoms. The molecule has 3 rings (SSSR count). The third-order valence-corrected chi connectivity index (χ3v) is 5.31. The number of nitrogens with one attached hydrogen (secondary N) is 2. The minimum atomic E-state index is -0.807. The number of ether oxygens (including phenoxy) is 3.